The van der Waals surface area contributed by atoms with E-state index in [4.69, 9.17) is 0 Å². The molecule has 1 aromatic heterocycles. The van der Waals surface area contributed by atoms with Gasteiger partial charge in [-0.3, -0.25) is 0 Å². The third-order valence-electron chi connectivity index (χ3n) is 2.86. The van der Waals surface area contributed by atoms with Crippen molar-refractivity contribution in [1.29, 1.82) is 0 Å². The van der Waals surface area contributed by atoms with Gasteiger partial charge in [-0.1, -0.05) is 26.8 Å². The van der Waals surface area contributed by atoms with Crippen LogP contribution in [-0.4, -0.2) is 4.98 Å². The summed E-state index contributed by atoms with van der Waals surface area (Å²) in [6.45, 7) is 6.65. The SMILES string of the molecule is CC(C)(C)c1nc(CNc2cccc(C(F)(F)F)c2)cs1. The van der Waals surface area contributed by atoms with Gasteiger partial charge in [0.1, 0.15) is 0 Å². The first-order valence-electron chi connectivity index (χ1n) is 6.52. The lowest BCUT2D eigenvalue weighted by molar-refractivity contribution is -0.137. The van der Waals surface area contributed by atoms with Gasteiger partial charge in [-0.2, -0.15) is 13.2 Å². The van der Waals surface area contributed by atoms with E-state index >= 15 is 0 Å². The largest absolute Gasteiger partial charge is 0.416 e. The van der Waals surface area contributed by atoms with Gasteiger partial charge < -0.3 is 5.32 Å². The molecule has 0 aliphatic heterocycles. The molecule has 0 atom stereocenters. The number of aromatic nitrogens is 1. The minimum absolute atomic E-state index is 0.0148. The Balaban J connectivity index is 2.05. The first-order chi connectivity index (χ1) is 9.66. The lowest BCUT2D eigenvalue weighted by Crippen LogP contribution is -2.11. The second kappa shape index (κ2) is 5.67. The Morgan fingerprint density at radius 2 is 1.90 bits per heavy atom. The number of hydrogen-bond acceptors (Lipinski definition) is 3. The standard InChI is InChI=1S/C15H17F3N2S/c1-14(2,3)13-20-12(9-21-13)8-19-11-6-4-5-10(7-11)15(16,17)18/h4-7,9,19H,8H2,1-3H3. The van der Waals surface area contributed by atoms with Gasteiger partial charge in [0, 0.05) is 16.5 Å². The van der Waals surface area contributed by atoms with E-state index in [2.05, 4.69) is 31.1 Å². The van der Waals surface area contributed by atoms with Crippen LogP contribution in [0.5, 0.6) is 0 Å². The molecule has 0 bridgehead atoms. The maximum Gasteiger partial charge on any atom is 0.416 e. The smallest absolute Gasteiger partial charge is 0.379 e. The summed E-state index contributed by atoms with van der Waals surface area (Å²) < 4.78 is 37.9. The van der Waals surface area contributed by atoms with E-state index in [0.29, 0.717) is 12.2 Å². The topological polar surface area (TPSA) is 24.9 Å². The van der Waals surface area contributed by atoms with Gasteiger partial charge in [-0.15, -0.1) is 11.3 Å². The second-order valence-corrected chi connectivity index (χ2v) is 6.68. The molecule has 0 saturated carbocycles. The number of hydrogen-bond donors (Lipinski definition) is 1. The van der Waals surface area contributed by atoms with E-state index < -0.39 is 11.7 Å². The van der Waals surface area contributed by atoms with Crippen LogP contribution in [0.3, 0.4) is 0 Å². The van der Waals surface area contributed by atoms with E-state index in [9.17, 15) is 13.2 Å². The first kappa shape index (κ1) is 15.8. The average molecular weight is 314 g/mol. The third kappa shape index (κ3) is 4.20. The number of anilines is 1. The zero-order chi connectivity index (χ0) is 15.7. The van der Waals surface area contributed by atoms with Gasteiger partial charge in [0.25, 0.3) is 0 Å². The molecule has 2 nitrogen and oxygen atoms in total. The first-order valence-corrected chi connectivity index (χ1v) is 7.40. The van der Waals surface area contributed by atoms with Crippen molar-refractivity contribution in [3.05, 3.63) is 45.9 Å². The van der Waals surface area contributed by atoms with Crippen LogP contribution in [0.2, 0.25) is 0 Å². The van der Waals surface area contributed by atoms with Gasteiger partial charge in [-0.05, 0) is 18.2 Å². The minimum atomic E-state index is -4.32. The highest BCUT2D eigenvalue weighted by atomic mass is 32.1. The molecule has 0 amide bonds. The number of rotatable bonds is 3. The number of benzene rings is 1. The highest BCUT2D eigenvalue weighted by Gasteiger charge is 2.30. The molecular weight excluding hydrogens is 297 g/mol. The molecule has 0 fully saturated rings. The van der Waals surface area contributed by atoms with Crippen molar-refractivity contribution < 1.29 is 13.2 Å². The van der Waals surface area contributed by atoms with Gasteiger partial charge in [-0.25, -0.2) is 4.98 Å². The molecular formula is C15H17F3N2S. The molecule has 0 aliphatic carbocycles. The average Bonchev–Trinajstić information content (AvgIpc) is 2.84. The molecule has 0 radical (unpaired) electrons. The summed E-state index contributed by atoms with van der Waals surface area (Å²) in [5.41, 5.74) is 0.609. The van der Waals surface area contributed by atoms with E-state index in [1.165, 1.54) is 6.07 Å². The molecule has 2 rings (SSSR count). The van der Waals surface area contributed by atoms with E-state index in [1.54, 1.807) is 17.4 Å². The summed E-state index contributed by atoms with van der Waals surface area (Å²) in [6, 6.07) is 5.18. The molecule has 0 aliphatic rings. The molecule has 0 spiro atoms. The van der Waals surface area contributed by atoms with Gasteiger partial charge in [0.2, 0.25) is 0 Å². The Morgan fingerprint density at radius 3 is 2.48 bits per heavy atom. The van der Waals surface area contributed by atoms with Crippen molar-refractivity contribution in [2.45, 2.75) is 38.9 Å². The lowest BCUT2D eigenvalue weighted by Gasteiger charge is -2.13. The summed E-state index contributed by atoms with van der Waals surface area (Å²) in [6.07, 6.45) is -4.32. The third-order valence-corrected chi connectivity index (χ3v) is 4.17. The molecule has 1 aromatic carbocycles. The number of thiazole rings is 1. The molecule has 21 heavy (non-hydrogen) atoms. The molecule has 114 valence electrons. The summed E-state index contributed by atoms with van der Waals surface area (Å²) in [5.74, 6) is 0. The predicted molar refractivity (Wildman–Crippen MR) is 79.6 cm³/mol. The van der Waals surface area contributed by atoms with Gasteiger partial charge in [0.15, 0.2) is 0 Å². The van der Waals surface area contributed by atoms with Crippen molar-refractivity contribution in [3.63, 3.8) is 0 Å². The fourth-order valence-electron chi connectivity index (χ4n) is 1.73. The molecule has 1 N–H and O–H groups in total. The molecule has 0 unspecified atom stereocenters. The van der Waals surface area contributed by atoms with Crippen LogP contribution in [0.4, 0.5) is 18.9 Å². The van der Waals surface area contributed by atoms with Crippen molar-refractivity contribution >= 4 is 17.0 Å². The second-order valence-electron chi connectivity index (χ2n) is 5.83. The number of halogens is 3. The summed E-state index contributed by atoms with van der Waals surface area (Å²) in [4.78, 5) is 4.50. The number of nitrogens with one attached hydrogen (secondary N) is 1. The fraction of sp³-hybridized carbons (Fsp3) is 0.400. The number of nitrogens with zero attached hydrogens (tertiary/aromatic N) is 1. The van der Waals surface area contributed by atoms with Crippen LogP contribution in [0.15, 0.2) is 29.6 Å². The summed E-state index contributed by atoms with van der Waals surface area (Å²) in [5, 5.41) is 5.93. The Bertz CT molecular complexity index is 612. The van der Waals surface area contributed by atoms with Crippen LogP contribution in [0, 0.1) is 0 Å². The Kier molecular flexibility index (Phi) is 4.27. The van der Waals surface area contributed by atoms with Gasteiger partial charge >= 0.3 is 6.18 Å². The highest BCUT2D eigenvalue weighted by molar-refractivity contribution is 7.09. The zero-order valence-electron chi connectivity index (χ0n) is 12.1. The highest BCUT2D eigenvalue weighted by Crippen LogP contribution is 2.31. The van der Waals surface area contributed by atoms with Crippen molar-refractivity contribution in [2.24, 2.45) is 0 Å². The summed E-state index contributed by atoms with van der Waals surface area (Å²) in [7, 11) is 0. The van der Waals surface area contributed by atoms with E-state index in [0.717, 1.165) is 22.8 Å². The van der Waals surface area contributed by atoms with Crippen molar-refractivity contribution in [2.75, 3.05) is 5.32 Å². The Morgan fingerprint density at radius 1 is 1.19 bits per heavy atom. The lowest BCUT2D eigenvalue weighted by atomic mass is 9.98. The fourth-order valence-corrected chi connectivity index (χ4v) is 2.64. The van der Waals surface area contributed by atoms with Crippen LogP contribution < -0.4 is 5.32 Å². The van der Waals surface area contributed by atoms with Crippen LogP contribution in [0.1, 0.15) is 37.0 Å². The quantitative estimate of drug-likeness (QED) is 0.855. The monoisotopic (exact) mass is 314 g/mol. The van der Waals surface area contributed by atoms with Gasteiger partial charge in [0.05, 0.1) is 22.8 Å². The zero-order valence-corrected chi connectivity index (χ0v) is 12.9. The van der Waals surface area contributed by atoms with Crippen molar-refractivity contribution in [1.82, 2.24) is 4.98 Å². The normalized spacial score (nSPS) is 12.5. The molecule has 0 saturated heterocycles. The molecule has 1 heterocycles. The van der Waals surface area contributed by atoms with Crippen LogP contribution in [-0.2, 0) is 18.1 Å². The van der Waals surface area contributed by atoms with E-state index in [-0.39, 0.29) is 5.41 Å². The van der Waals surface area contributed by atoms with Crippen LogP contribution >= 0.6 is 11.3 Å². The van der Waals surface area contributed by atoms with E-state index in [1.807, 2.05) is 5.38 Å². The Labute approximate surface area is 126 Å². The maximum atomic E-state index is 12.6. The van der Waals surface area contributed by atoms with Crippen LogP contribution in [0.25, 0.3) is 0 Å². The molecule has 6 heteroatoms. The number of alkyl halides is 3. The Hall–Kier alpha value is -1.56. The minimum Gasteiger partial charge on any atom is -0.379 e. The van der Waals surface area contributed by atoms with Crippen molar-refractivity contribution in [3.8, 4) is 0 Å². The predicted octanol–water partition coefficient (Wildman–Crippen LogP) is 5.07. The molecule has 2 aromatic rings. The maximum absolute atomic E-state index is 12.6. The summed E-state index contributed by atoms with van der Waals surface area (Å²) >= 11 is 1.57.